The van der Waals surface area contributed by atoms with Gasteiger partial charge in [0.25, 0.3) is 0 Å². The van der Waals surface area contributed by atoms with Crippen LogP contribution in [-0.2, 0) is 13.5 Å². The molecule has 1 aliphatic heterocycles. The lowest BCUT2D eigenvalue weighted by atomic mass is 10.2. The second-order valence-corrected chi connectivity index (χ2v) is 5.77. The third kappa shape index (κ3) is 4.01. The number of piperazine rings is 1. The smallest absolute Gasteiger partial charge is 0.225 e. The zero-order valence-electron chi connectivity index (χ0n) is 14.3. The van der Waals surface area contributed by atoms with Gasteiger partial charge in [-0.3, -0.25) is 9.67 Å². The standard InChI is InChI=1S/C16H24N8/c1-17-15(20-7-4-14-12-21-22(2)13-14)23-8-10-24(11-9-23)16-18-5-3-6-19-16/h3,5-6,12-13H,4,7-11H2,1-2H3,(H,17,20). The number of guanidine groups is 1. The summed E-state index contributed by atoms with van der Waals surface area (Å²) < 4.78 is 1.83. The van der Waals surface area contributed by atoms with Crippen molar-refractivity contribution >= 4 is 11.9 Å². The molecule has 1 saturated heterocycles. The summed E-state index contributed by atoms with van der Waals surface area (Å²) in [6, 6.07) is 1.84. The van der Waals surface area contributed by atoms with Gasteiger partial charge in [0.2, 0.25) is 5.95 Å². The Bertz CT molecular complexity index is 658. The fraction of sp³-hybridized carbons (Fsp3) is 0.500. The lowest BCUT2D eigenvalue weighted by Gasteiger charge is -2.36. The highest BCUT2D eigenvalue weighted by molar-refractivity contribution is 5.80. The fourth-order valence-electron chi connectivity index (χ4n) is 2.82. The predicted octanol–water partition coefficient (Wildman–Crippen LogP) is 0.150. The van der Waals surface area contributed by atoms with Crippen LogP contribution >= 0.6 is 0 Å². The Morgan fingerprint density at radius 3 is 2.58 bits per heavy atom. The molecule has 1 fully saturated rings. The number of hydrogen-bond acceptors (Lipinski definition) is 5. The highest BCUT2D eigenvalue weighted by Gasteiger charge is 2.20. The maximum atomic E-state index is 4.41. The zero-order chi connectivity index (χ0) is 16.8. The van der Waals surface area contributed by atoms with Crippen LogP contribution in [0.25, 0.3) is 0 Å². The Hall–Kier alpha value is -2.64. The molecule has 0 atom stereocenters. The molecule has 2 aromatic heterocycles. The molecule has 128 valence electrons. The first-order valence-electron chi connectivity index (χ1n) is 8.21. The molecule has 0 radical (unpaired) electrons. The summed E-state index contributed by atoms with van der Waals surface area (Å²) in [5.74, 6) is 1.75. The Morgan fingerprint density at radius 1 is 1.21 bits per heavy atom. The van der Waals surface area contributed by atoms with Gasteiger partial charge in [-0.15, -0.1) is 0 Å². The summed E-state index contributed by atoms with van der Waals surface area (Å²) in [6.07, 6.45) is 8.46. The molecule has 0 aliphatic carbocycles. The minimum Gasteiger partial charge on any atom is -0.356 e. The van der Waals surface area contributed by atoms with E-state index in [2.05, 4.69) is 35.2 Å². The van der Waals surface area contributed by atoms with Crippen molar-refractivity contribution in [2.75, 3.05) is 44.7 Å². The van der Waals surface area contributed by atoms with Crippen molar-refractivity contribution in [3.63, 3.8) is 0 Å². The van der Waals surface area contributed by atoms with Gasteiger partial charge in [-0.2, -0.15) is 5.10 Å². The average molecular weight is 328 g/mol. The molecule has 0 amide bonds. The third-order valence-corrected chi connectivity index (χ3v) is 4.08. The molecule has 3 rings (SSSR count). The van der Waals surface area contributed by atoms with E-state index in [0.717, 1.165) is 51.1 Å². The number of rotatable bonds is 4. The molecule has 8 heteroatoms. The fourth-order valence-corrected chi connectivity index (χ4v) is 2.82. The van der Waals surface area contributed by atoms with Crippen LogP contribution in [0.2, 0.25) is 0 Å². The first-order chi connectivity index (χ1) is 11.8. The van der Waals surface area contributed by atoms with Gasteiger partial charge >= 0.3 is 0 Å². The van der Waals surface area contributed by atoms with Gasteiger partial charge in [-0.25, -0.2) is 9.97 Å². The molecular weight excluding hydrogens is 304 g/mol. The number of nitrogens with one attached hydrogen (secondary N) is 1. The molecule has 0 spiro atoms. The second kappa shape index (κ2) is 7.76. The Balaban J connectivity index is 1.47. The maximum absolute atomic E-state index is 4.41. The molecule has 24 heavy (non-hydrogen) atoms. The number of anilines is 1. The van der Waals surface area contributed by atoms with E-state index in [-0.39, 0.29) is 0 Å². The van der Waals surface area contributed by atoms with Crippen LogP contribution in [-0.4, -0.2) is 70.4 Å². The largest absolute Gasteiger partial charge is 0.356 e. The quantitative estimate of drug-likeness (QED) is 0.636. The van der Waals surface area contributed by atoms with Crippen LogP contribution in [0.3, 0.4) is 0 Å². The van der Waals surface area contributed by atoms with Gasteiger partial charge in [0.1, 0.15) is 0 Å². The van der Waals surface area contributed by atoms with Crippen LogP contribution in [0.5, 0.6) is 0 Å². The van der Waals surface area contributed by atoms with Crippen LogP contribution in [0.4, 0.5) is 5.95 Å². The molecule has 2 aromatic rings. The van der Waals surface area contributed by atoms with E-state index in [1.165, 1.54) is 5.56 Å². The SMILES string of the molecule is CN=C(NCCc1cnn(C)c1)N1CCN(c2ncccn2)CC1. The van der Waals surface area contributed by atoms with Gasteiger partial charge < -0.3 is 15.1 Å². The number of nitrogens with zero attached hydrogens (tertiary/aromatic N) is 7. The Kier molecular flexibility index (Phi) is 5.25. The summed E-state index contributed by atoms with van der Waals surface area (Å²) in [5.41, 5.74) is 1.23. The Labute approximate surface area is 142 Å². The van der Waals surface area contributed by atoms with E-state index >= 15 is 0 Å². The number of aliphatic imine (C=N–C) groups is 1. The average Bonchev–Trinajstić information content (AvgIpc) is 3.05. The summed E-state index contributed by atoms with van der Waals surface area (Å²) in [4.78, 5) is 17.5. The summed E-state index contributed by atoms with van der Waals surface area (Å²) in [6.45, 7) is 4.46. The second-order valence-electron chi connectivity index (χ2n) is 5.77. The molecule has 0 saturated carbocycles. The Morgan fingerprint density at radius 2 is 1.96 bits per heavy atom. The highest BCUT2D eigenvalue weighted by atomic mass is 15.4. The van der Waals surface area contributed by atoms with E-state index in [4.69, 9.17) is 0 Å². The molecule has 3 heterocycles. The number of aromatic nitrogens is 4. The first-order valence-corrected chi connectivity index (χ1v) is 8.21. The van der Waals surface area contributed by atoms with Gasteiger partial charge in [-0.1, -0.05) is 0 Å². The van der Waals surface area contributed by atoms with Crippen molar-refractivity contribution in [2.45, 2.75) is 6.42 Å². The molecule has 1 aliphatic rings. The van der Waals surface area contributed by atoms with Crippen molar-refractivity contribution in [3.8, 4) is 0 Å². The first kappa shape index (κ1) is 16.2. The van der Waals surface area contributed by atoms with Gasteiger partial charge in [-0.05, 0) is 18.1 Å². The van der Waals surface area contributed by atoms with E-state index in [0.29, 0.717) is 0 Å². The maximum Gasteiger partial charge on any atom is 0.225 e. The number of hydrogen-bond donors (Lipinski definition) is 1. The summed E-state index contributed by atoms with van der Waals surface area (Å²) in [7, 11) is 3.77. The van der Waals surface area contributed by atoms with Crippen LogP contribution in [0, 0.1) is 0 Å². The summed E-state index contributed by atoms with van der Waals surface area (Å²) >= 11 is 0. The monoisotopic (exact) mass is 328 g/mol. The predicted molar refractivity (Wildman–Crippen MR) is 94.1 cm³/mol. The van der Waals surface area contributed by atoms with Crippen LogP contribution in [0.1, 0.15) is 5.56 Å². The van der Waals surface area contributed by atoms with Crippen molar-refractivity contribution in [2.24, 2.45) is 12.0 Å². The minimum atomic E-state index is 0.802. The molecule has 0 unspecified atom stereocenters. The molecule has 0 aromatic carbocycles. The lowest BCUT2D eigenvalue weighted by molar-refractivity contribution is 0.370. The normalized spacial score (nSPS) is 15.7. The van der Waals surface area contributed by atoms with Crippen LogP contribution < -0.4 is 10.2 Å². The van der Waals surface area contributed by atoms with Gasteiger partial charge in [0.05, 0.1) is 6.20 Å². The van der Waals surface area contributed by atoms with Gasteiger partial charge in [0, 0.05) is 65.4 Å². The third-order valence-electron chi connectivity index (χ3n) is 4.08. The van der Waals surface area contributed by atoms with E-state index in [1.807, 2.05) is 37.2 Å². The molecule has 1 N–H and O–H groups in total. The van der Waals surface area contributed by atoms with Crippen molar-refractivity contribution in [1.29, 1.82) is 0 Å². The van der Waals surface area contributed by atoms with Crippen LogP contribution in [0.15, 0.2) is 35.8 Å². The summed E-state index contributed by atoms with van der Waals surface area (Å²) in [5, 5.41) is 7.63. The van der Waals surface area contributed by atoms with Crippen molar-refractivity contribution in [3.05, 3.63) is 36.4 Å². The van der Waals surface area contributed by atoms with E-state index in [9.17, 15) is 0 Å². The zero-order valence-corrected chi connectivity index (χ0v) is 14.3. The molecular formula is C16H24N8. The van der Waals surface area contributed by atoms with Crippen molar-refractivity contribution in [1.82, 2.24) is 30.0 Å². The minimum absolute atomic E-state index is 0.802. The van der Waals surface area contributed by atoms with E-state index in [1.54, 1.807) is 12.4 Å². The highest BCUT2D eigenvalue weighted by Crippen LogP contribution is 2.09. The molecule has 8 nitrogen and oxygen atoms in total. The topological polar surface area (TPSA) is 74.5 Å². The lowest BCUT2D eigenvalue weighted by Crippen LogP contribution is -2.53. The van der Waals surface area contributed by atoms with E-state index < -0.39 is 0 Å². The van der Waals surface area contributed by atoms with Gasteiger partial charge in [0.15, 0.2) is 5.96 Å². The van der Waals surface area contributed by atoms with Crippen molar-refractivity contribution < 1.29 is 0 Å². The molecule has 0 bridgehead atoms. The number of aryl methyl sites for hydroxylation is 1.